The van der Waals surface area contributed by atoms with E-state index in [9.17, 15) is 0 Å². The molecule has 0 saturated heterocycles. The Morgan fingerprint density at radius 2 is 1.63 bits per heavy atom. The number of hydrogen-bond acceptors (Lipinski definition) is 1. The van der Waals surface area contributed by atoms with Gasteiger partial charge in [-0.05, 0) is 61.5 Å². The highest BCUT2D eigenvalue weighted by Crippen LogP contribution is 2.44. The number of para-hydroxylation sites is 2. The van der Waals surface area contributed by atoms with E-state index in [0.29, 0.717) is 5.69 Å². The van der Waals surface area contributed by atoms with Crippen molar-refractivity contribution in [3.63, 3.8) is 0 Å². The van der Waals surface area contributed by atoms with Gasteiger partial charge >= 0.3 is 0 Å². The molecule has 0 aliphatic rings. The summed E-state index contributed by atoms with van der Waals surface area (Å²) in [4.78, 5) is 3.93. The number of aromatic nitrogens is 2. The highest BCUT2D eigenvalue weighted by molar-refractivity contribution is 7.26. The summed E-state index contributed by atoms with van der Waals surface area (Å²) in [5, 5.41) is 4.77. The van der Waals surface area contributed by atoms with Crippen molar-refractivity contribution in [3.8, 4) is 16.9 Å². The van der Waals surface area contributed by atoms with Crippen molar-refractivity contribution in [2.24, 2.45) is 7.05 Å². The van der Waals surface area contributed by atoms with Crippen LogP contribution in [0.1, 0.15) is 16.7 Å². The van der Waals surface area contributed by atoms with Crippen LogP contribution in [0.5, 0.6) is 0 Å². The van der Waals surface area contributed by atoms with Crippen LogP contribution in [0.3, 0.4) is 0 Å². The lowest BCUT2D eigenvalue weighted by Crippen LogP contribution is -2.30. The standard InChI is InChI=1S/C34H26N3S/c1-20-18-21(2)22(3)26(19-20)33-34-25(16-17-36(33)5)31-29(14-9-15-30(31)38-34)37-28-13-7-6-10-23(28)24-11-8-12-27(35-4)32(24)37/h6-19H,1-3,5H3/q+1. The molecule has 0 fully saturated rings. The lowest BCUT2D eigenvalue weighted by atomic mass is 9.96. The molecular formula is C34H26N3S+. The Balaban J connectivity index is 1.65. The van der Waals surface area contributed by atoms with E-state index in [4.69, 9.17) is 6.57 Å². The van der Waals surface area contributed by atoms with Gasteiger partial charge in [-0.3, -0.25) is 0 Å². The van der Waals surface area contributed by atoms with Crippen LogP contribution in [0.25, 0.3) is 63.8 Å². The molecule has 38 heavy (non-hydrogen) atoms. The topological polar surface area (TPSA) is 13.2 Å². The van der Waals surface area contributed by atoms with E-state index >= 15 is 0 Å². The maximum absolute atomic E-state index is 7.94. The number of thiophene rings is 1. The highest BCUT2D eigenvalue weighted by atomic mass is 32.1. The van der Waals surface area contributed by atoms with Crippen molar-refractivity contribution in [3.05, 3.63) is 113 Å². The molecular weight excluding hydrogens is 482 g/mol. The Morgan fingerprint density at radius 3 is 2.47 bits per heavy atom. The monoisotopic (exact) mass is 508 g/mol. The Morgan fingerprint density at radius 1 is 0.842 bits per heavy atom. The average Bonchev–Trinajstić information content (AvgIpc) is 3.47. The molecule has 0 unspecified atom stereocenters. The van der Waals surface area contributed by atoms with E-state index in [0.717, 1.165) is 22.1 Å². The van der Waals surface area contributed by atoms with Crippen molar-refractivity contribution < 1.29 is 4.57 Å². The first-order valence-electron chi connectivity index (χ1n) is 12.8. The Bertz CT molecular complexity index is 2140. The number of aryl methyl sites for hydroxylation is 3. The molecule has 0 amide bonds. The third-order valence-corrected chi connectivity index (χ3v) is 9.04. The average molecular weight is 509 g/mol. The number of benzene rings is 4. The van der Waals surface area contributed by atoms with Crippen LogP contribution < -0.4 is 4.57 Å². The Hall–Kier alpha value is -4.46. The van der Waals surface area contributed by atoms with Crippen LogP contribution in [0.15, 0.2) is 85.1 Å². The molecule has 0 aliphatic carbocycles. The minimum absolute atomic E-state index is 0.674. The fraction of sp³-hybridized carbons (Fsp3) is 0.118. The van der Waals surface area contributed by atoms with Gasteiger partial charge in [0.15, 0.2) is 6.20 Å². The predicted molar refractivity (Wildman–Crippen MR) is 161 cm³/mol. The van der Waals surface area contributed by atoms with Crippen LogP contribution >= 0.6 is 11.3 Å². The van der Waals surface area contributed by atoms with E-state index in [1.165, 1.54) is 53.5 Å². The lowest BCUT2D eigenvalue weighted by molar-refractivity contribution is -0.659. The molecule has 3 aromatic heterocycles. The molecule has 0 saturated carbocycles. The summed E-state index contributed by atoms with van der Waals surface area (Å²) in [6, 6.07) is 28.0. The largest absolute Gasteiger partial charge is 0.318 e. The highest BCUT2D eigenvalue weighted by Gasteiger charge is 2.24. The number of rotatable bonds is 2. The molecule has 0 spiro atoms. The zero-order chi connectivity index (χ0) is 26.1. The van der Waals surface area contributed by atoms with Crippen LogP contribution in [0.4, 0.5) is 5.69 Å². The molecule has 0 N–H and O–H groups in total. The minimum Gasteiger partial charge on any atom is -0.318 e. The summed E-state index contributed by atoms with van der Waals surface area (Å²) in [6.45, 7) is 14.5. The van der Waals surface area contributed by atoms with Gasteiger partial charge in [-0.15, -0.1) is 11.3 Å². The van der Waals surface area contributed by atoms with Gasteiger partial charge in [0.2, 0.25) is 11.4 Å². The second-order valence-electron chi connectivity index (χ2n) is 10.2. The van der Waals surface area contributed by atoms with Gasteiger partial charge < -0.3 is 4.57 Å². The van der Waals surface area contributed by atoms with E-state index in [1.807, 2.05) is 23.5 Å². The third-order valence-electron chi connectivity index (χ3n) is 7.86. The summed E-state index contributed by atoms with van der Waals surface area (Å²) in [6.07, 6.45) is 2.19. The first-order valence-corrected chi connectivity index (χ1v) is 13.6. The zero-order valence-corrected chi connectivity index (χ0v) is 22.6. The van der Waals surface area contributed by atoms with E-state index in [1.54, 1.807) is 0 Å². The number of pyridine rings is 1. The van der Waals surface area contributed by atoms with Crippen molar-refractivity contribution in [1.82, 2.24) is 4.57 Å². The maximum atomic E-state index is 7.94. The molecule has 3 nitrogen and oxygen atoms in total. The van der Waals surface area contributed by atoms with Crippen LogP contribution in [-0.2, 0) is 7.05 Å². The van der Waals surface area contributed by atoms with Crippen molar-refractivity contribution in [1.29, 1.82) is 0 Å². The van der Waals surface area contributed by atoms with Gasteiger partial charge in [0.25, 0.3) is 0 Å². The van der Waals surface area contributed by atoms with Crippen LogP contribution in [-0.4, -0.2) is 4.57 Å². The predicted octanol–water partition coefficient (Wildman–Crippen LogP) is 9.12. The molecule has 182 valence electrons. The maximum Gasteiger partial charge on any atom is 0.230 e. The van der Waals surface area contributed by atoms with Crippen molar-refractivity contribution in [2.75, 3.05) is 0 Å². The number of hydrogen-bond donors (Lipinski definition) is 0. The Kier molecular flexibility index (Phi) is 4.95. The van der Waals surface area contributed by atoms with Crippen molar-refractivity contribution in [2.45, 2.75) is 20.8 Å². The third kappa shape index (κ3) is 3.09. The summed E-state index contributed by atoms with van der Waals surface area (Å²) < 4.78 is 7.10. The van der Waals surface area contributed by atoms with E-state index < -0.39 is 0 Å². The van der Waals surface area contributed by atoms with Crippen molar-refractivity contribution >= 4 is 59.0 Å². The SMILES string of the molecule is [C-]#[N+]c1cccc2c3ccccc3n(-c3cccc4sc5c(-c6cc(C)cc(C)c6C)[n+](C)ccc5c34)c12. The summed E-state index contributed by atoms with van der Waals surface area (Å²) >= 11 is 1.86. The van der Waals surface area contributed by atoms with E-state index in [2.05, 4.69) is 115 Å². The van der Waals surface area contributed by atoms with Gasteiger partial charge in [-0.2, -0.15) is 4.57 Å². The number of fused-ring (bicyclic) bond motifs is 6. The Labute approximate surface area is 225 Å². The smallest absolute Gasteiger partial charge is 0.230 e. The van der Waals surface area contributed by atoms with Gasteiger partial charge in [0.1, 0.15) is 11.7 Å². The molecule has 4 heteroatoms. The molecule has 3 heterocycles. The first kappa shape index (κ1) is 22.7. The second kappa shape index (κ2) is 8.28. The molecule has 4 aromatic carbocycles. The van der Waals surface area contributed by atoms with E-state index in [-0.39, 0.29) is 0 Å². The van der Waals surface area contributed by atoms with Crippen LogP contribution in [0, 0.1) is 27.3 Å². The lowest BCUT2D eigenvalue weighted by Gasteiger charge is -2.12. The summed E-state index contributed by atoms with van der Waals surface area (Å²) in [7, 11) is 2.15. The normalized spacial score (nSPS) is 11.7. The van der Waals surface area contributed by atoms with Gasteiger partial charge in [-0.25, -0.2) is 4.85 Å². The quantitative estimate of drug-likeness (QED) is 0.163. The summed E-state index contributed by atoms with van der Waals surface area (Å²) in [5.74, 6) is 0. The molecule has 0 bridgehead atoms. The minimum atomic E-state index is 0.674. The molecule has 7 aromatic rings. The molecule has 0 radical (unpaired) electrons. The van der Waals surface area contributed by atoms with Crippen LogP contribution in [0.2, 0.25) is 0 Å². The second-order valence-corrected chi connectivity index (χ2v) is 11.2. The zero-order valence-electron chi connectivity index (χ0n) is 21.8. The summed E-state index contributed by atoms with van der Waals surface area (Å²) in [5.41, 5.74) is 10.3. The fourth-order valence-electron chi connectivity index (χ4n) is 6.04. The first-order chi connectivity index (χ1) is 18.5. The molecule has 0 aliphatic heterocycles. The van der Waals surface area contributed by atoms with Gasteiger partial charge in [0.05, 0.1) is 28.9 Å². The molecule has 0 atom stereocenters. The van der Waals surface area contributed by atoms with Gasteiger partial charge in [0, 0.05) is 26.9 Å². The number of nitrogens with zero attached hydrogens (tertiary/aromatic N) is 3. The molecule has 7 rings (SSSR count). The fourth-order valence-corrected chi connectivity index (χ4v) is 7.35. The van der Waals surface area contributed by atoms with Gasteiger partial charge in [-0.1, -0.05) is 54.1 Å².